The summed E-state index contributed by atoms with van der Waals surface area (Å²) in [6, 6.07) is 2.53. The van der Waals surface area contributed by atoms with Crippen molar-refractivity contribution >= 4 is 11.3 Å². The lowest BCUT2D eigenvalue weighted by Crippen LogP contribution is -2.07. The van der Waals surface area contributed by atoms with E-state index >= 15 is 0 Å². The molecule has 0 aliphatic heterocycles. The van der Waals surface area contributed by atoms with Crippen LogP contribution in [0.25, 0.3) is 10.7 Å². The summed E-state index contributed by atoms with van der Waals surface area (Å²) in [6.45, 7) is 2.12. The molecule has 1 aliphatic carbocycles. The number of thiophene rings is 1. The standard InChI is InChI=1S/C13H16N2OS/c1-9-4-7-17-12(9)13-14-5-6-15(13)10-2-3-11(16)8-10/h4-7,10-11,16H,2-3,8H2,1H3/t10-,11+/m1/s1. The molecule has 0 spiro atoms. The molecule has 2 atom stereocenters. The third kappa shape index (κ3) is 1.91. The van der Waals surface area contributed by atoms with Gasteiger partial charge in [-0.05, 0) is 43.2 Å². The first kappa shape index (κ1) is 11.0. The maximum Gasteiger partial charge on any atom is 0.150 e. The highest BCUT2D eigenvalue weighted by Gasteiger charge is 2.26. The molecule has 2 aromatic rings. The second kappa shape index (κ2) is 4.27. The molecular formula is C13H16N2OS. The third-order valence-corrected chi connectivity index (χ3v) is 4.52. The molecule has 0 saturated heterocycles. The Kier molecular flexibility index (Phi) is 2.76. The third-order valence-electron chi connectivity index (χ3n) is 3.50. The average Bonchev–Trinajstić information content (AvgIpc) is 2.97. The lowest BCUT2D eigenvalue weighted by Gasteiger charge is -2.14. The number of aliphatic hydroxyl groups excluding tert-OH is 1. The Morgan fingerprint density at radius 2 is 2.35 bits per heavy atom. The minimum absolute atomic E-state index is 0.139. The first-order valence-corrected chi connectivity index (χ1v) is 6.89. The van der Waals surface area contributed by atoms with E-state index in [-0.39, 0.29) is 6.10 Å². The van der Waals surface area contributed by atoms with Crippen LogP contribution in [0.3, 0.4) is 0 Å². The van der Waals surface area contributed by atoms with Crippen LogP contribution < -0.4 is 0 Å². The highest BCUT2D eigenvalue weighted by atomic mass is 32.1. The normalized spacial score (nSPS) is 24.4. The van der Waals surface area contributed by atoms with Gasteiger partial charge in [-0.2, -0.15) is 0 Å². The highest BCUT2D eigenvalue weighted by Crippen LogP contribution is 2.35. The molecule has 4 heteroatoms. The minimum Gasteiger partial charge on any atom is -0.393 e. The lowest BCUT2D eigenvalue weighted by atomic mass is 10.2. The molecule has 0 unspecified atom stereocenters. The molecular weight excluding hydrogens is 232 g/mol. The van der Waals surface area contributed by atoms with E-state index in [2.05, 4.69) is 27.9 Å². The van der Waals surface area contributed by atoms with Crippen LogP contribution in [-0.2, 0) is 0 Å². The lowest BCUT2D eigenvalue weighted by molar-refractivity contribution is 0.178. The fourth-order valence-corrected chi connectivity index (χ4v) is 3.50. The van der Waals surface area contributed by atoms with Gasteiger partial charge in [0.1, 0.15) is 0 Å². The van der Waals surface area contributed by atoms with Gasteiger partial charge in [0, 0.05) is 18.4 Å². The topological polar surface area (TPSA) is 38.0 Å². The molecule has 17 heavy (non-hydrogen) atoms. The molecule has 1 fully saturated rings. The van der Waals surface area contributed by atoms with Crippen LogP contribution >= 0.6 is 11.3 Å². The second-order valence-corrected chi connectivity index (χ2v) is 5.63. The Labute approximate surface area is 105 Å². The summed E-state index contributed by atoms with van der Waals surface area (Å²) >= 11 is 1.74. The van der Waals surface area contributed by atoms with Crippen LogP contribution in [0.5, 0.6) is 0 Å². The fraction of sp³-hybridized carbons (Fsp3) is 0.462. The molecule has 2 aromatic heterocycles. The Bertz CT molecular complexity index is 517. The van der Waals surface area contributed by atoms with Crippen LogP contribution in [0.1, 0.15) is 30.9 Å². The SMILES string of the molecule is Cc1ccsc1-c1nccn1[C@@H]1CC[C@H](O)C1. The summed E-state index contributed by atoms with van der Waals surface area (Å²) in [7, 11) is 0. The Balaban J connectivity index is 1.97. The zero-order valence-electron chi connectivity index (χ0n) is 9.84. The van der Waals surface area contributed by atoms with Crippen molar-refractivity contribution in [3.63, 3.8) is 0 Å². The number of rotatable bonds is 2. The van der Waals surface area contributed by atoms with Crippen LogP contribution in [-0.4, -0.2) is 20.8 Å². The van der Waals surface area contributed by atoms with E-state index < -0.39 is 0 Å². The molecule has 3 rings (SSSR count). The van der Waals surface area contributed by atoms with Crippen LogP contribution in [0.15, 0.2) is 23.8 Å². The van der Waals surface area contributed by atoms with Crippen LogP contribution in [0, 0.1) is 6.92 Å². The zero-order valence-corrected chi connectivity index (χ0v) is 10.7. The van der Waals surface area contributed by atoms with Crippen LogP contribution in [0.4, 0.5) is 0 Å². The number of nitrogens with zero attached hydrogens (tertiary/aromatic N) is 2. The Hall–Kier alpha value is -1.13. The van der Waals surface area contributed by atoms with Gasteiger partial charge in [0.05, 0.1) is 11.0 Å². The predicted molar refractivity (Wildman–Crippen MR) is 69.2 cm³/mol. The van der Waals surface area contributed by atoms with E-state index in [1.807, 2.05) is 12.4 Å². The van der Waals surface area contributed by atoms with Gasteiger partial charge in [-0.3, -0.25) is 0 Å². The van der Waals surface area contributed by atoms with Crippen molar-refractivity contribution in [2.75, 3.05) is 0 Å². The van der Waals surface area contributed by atoms with Crippen molar-refractivity contribution in [1.29, 1.82) is 0 Å². The predicted octanol–water partition coefficient (Wildman–Crippen LogP) is 3.01. The quantitative estimate of drug-likeness (QED) is 0.887. The van der Waals surface area contributed by atoms with Gasteiger partial charge in [0.15, 0.2) is 5.82 Å². The smallest absolute Gasteiger partial charge is 0.150 e. The van der Waals surface area contributed by atoms with Gasteiger partial charge in [0.2, 0.25) is 0 Å². The van der Waals surface area contributed by atoms with Crippen molar-refractivity contribution in [2.24, 2.45) is 0 Å². The van der Waals surface area contributed by atoms with Crippen molar-refractivity contribution < 1.29 is 5.11 Å². The summed E-state index contributed by atoms with van der Waals surface area (Å²) in [5.74, 6) is 1.05. The molecule has 0 radical (unpaired) electrons. The van der Waals surface area contributed by atoms with Gasteiger partial charge in [0.25, 0.3) is 0 Å². The van der Waals surface area contributed by atoms with E-state index in [1.165, 1.54) is 10.4 Å². The molecule has 0 aromatic carbocycles. The number of aryl methyl sites for hydroxylation is 1. The van der Waals surface area contributed by atoms with E-state index in [0.717, 1.165) is 25.1 Å². The average molecular weight is 248 g/mol. The first-order chi connectivity index (χ1) is 8.25. The van der Waals surface area contributed by atoms with E-state index in [1.54, 1.807) is 11.3 Å². The van der Waals surface area contributed by atoms with Crippen molar-refractivity contribution in [1.82, 2.24) is 9.55 Å². The molecule has 3 nitrogen and oxygen atoms in total. The van der Waals surface area contributed by atoms with Gasteiger partial charge in [-0.15, -0.1) is 11.3 Å². The molecule has 0 amide bonds. The Morgan fingerprint density at radius 3 is 3.00 bits per heavy atom. The maximum atomic E-state index is 9.64. The molecule has 2 heterocycles. The summed E-state index contributed by atoms with van der Waals surface area (Å²) in [6.07, 6.45) is 6.57. The summed E-state index contributed by atoms with van der Waals surface area (Å²) in [5, 5.41) is 11.7. The molecule has 90 valence electrons. The van der Waals surface area contributed by atoms with Crippen molar-refractivity contribution in [3.8, 4) is 10.7 Å². The van der Waals surface area contributed by atoms with Gasteiger partial charge >= 0.3 is 0 Å². The Morgan fingerprint density at radius 1 is 1.47 bits per heavy atom. The summed E-state index contributed by atoms with van der Waals surface area (Å²) < 4.78 is 2.23. The number of imidazole rings is 1. The molecule has 1 aliphatic rings. The van der Waals surface area contributed by atoms with E-state index in [4.69, 9.17) is 0 Å². The molecule has 1 saturated carbocycles. The maximum absolute atomic E-state index is 9.64. The summed E-state index contributed by atoms with van der Waals surface area (Å²) in [4.78, 5) is 5.73. The molecule has 1 N–H and O–H groups in total. The number of aliphatic hydroxyl groups is 1. The first-order valence-electron chi connectivity index (χ1n) is 6.01. The number of aromatic nitrogens is 2. The molecule has 0 bridgehead atoms. The van der Waals surface area contributed by atoms with Gasteiger partial charge in [-0.1, -0.05) is 0 Å². The largest absolute Gasteiger partial charge is 0.393 e. The van der Waals surface area contributed by atoms with Crippen LogP contribution in [0.2, 0.25) is 0 Å². The van der Waals surface area contributed by atoms with E-state index in [9.17, 15) is 5.11 Å². The highest BCUT2D eigenvalue weighted by molar-refractivity contribution is 7.13. The van der Waals surface area contributed by atoms with Crippen molar-refractivity contribution in [2.45, 2.75) is 38.3 Å². The van der Waals surface area contributed by atoms with Gasteiger partial charge < -0.3 is 9.67 Å². The number of hydrogen-bond donors (Lipinski definition) is 1. The minimum atomic E-state index is -0.139. The zero-order chi connectivity index (χ0) is 11.8. The summed E-state index contributed by atoms with van der Waals surface area (Å²) in [5.41, 5.74) is 1.28. The van der Waals surface area contributed by atoms with Crippen molar-refractivity contribution in [3.05, 3.63) is 29.4 Å². The monoisotopic (exact) mass is 248 g/mol. The van der Waals surface area contributed by atoms with Gasteiger partial charge in [-0.25, -0.2) is 4.98 Å². The number of hydrogen-bond acceptors (Lipinski definition) is 3. The van der Waals surface area contributed by atoms with E-state index in [0.29, 0.717) is 6.04 Å². The second-order valence-electron chi connectivity index (χ2n) is 4.71. The fourth-order valence-electron chi connectivity index (χ4n) is 2.57.